The Morgan fingerprint density at radius 3 is 1.83 bits per heavy atom. The Balaban J connectivity index is 0. The van der Waals surface area contributed by atoms with Crippen molar-refractivity contribution in [3.8, 4) is 0 Å². The fourth-order valence-electron chi connectivity index (χ4n) is 0.820. The summed E-state index contributed by atoms with van der Waals surface area (Å²) in [6, 6.07) is 4.01. The molecule has 0 N–H and O–H groups in total. The van der Waals surface area contributed by atoms with Crippen LogP contribution in [0.4, 0.5) is 18.6 Å². The third kappa shape index (κ3) is 9.08. The van der Waals surface area contributed by atoms with Gasteiger partial charge in [0.25, 0.3) is 0 Å². The van der Waals surface area contributed by atoms with Gasteiger partial charge in [-0.3, -0.25) is 0 Å². The van der Waals surface area contributed by atoms with E-state index < -0.39 is 12.4 Å². The van der Waals surface area contributed by atoms with Gasteiger partial charge < -0.3 is 12.9 Å². The molecule has 1 aromatic carbocycles. The van der Waals surface area contributed by atoms with Gasteiger partial charge in [0.1, 0.15) is 0 Å². The molecule has 1 rings (SSSR count). The minimum atomic E-state index is -4.97. The molecule has 0 radical (unpaired) electrons. The third-order valence-electron chi connectivity index (χ3n) is 1.95. The summed E-state index contributed by atoms with van der Waals surface area (Å²) in [6.07, 6.45) is 3.88. The molecule has 0 unspecified atom stereocenters. The van der Waals surface area contributed by atoms with Gasteiger partial charge in [-0.05, 0) is 12.1 Å². The van der Waals surface area contributed by atoms with E-state index in [4.69, 9.17) is 0 Å². The summed E-state index contributed by atoms with van der Waals surface area (Å²) < 4.78 is 36.2. The Hall–Kier alpha value is 0.0913. The zero-order valence-corrected chi connectivity index (χ0v) is 13.9. The van der Waals surface area contributed by atoms with E-state index in [0.717, 1.165) is 24.3 Å². The maximum atomic E-state index is 12.1. The van der Waals surface area contributed by atoms with Crippen molar-refractivity contribution >= 4 is 24.2 Å². The summed E-state index contributed by atoms with van der Waals surface area (Å²) in [7, 11) is 0. The van der Waals surface area contributed by atoms with Gasteiger partial charge in [-0.15, -0.1) is 5.46 Å². The van der Waals surface area contributed by atoms with Crippen LogP contribution in [0.2, 0.25) is 0 Å². The molecule has 0 aromatic heterocycles. The van der Waals surface area contributed by atoms with E-state index in [9.17, 15) is 17.7 Å². The van der Waals surface area contributed by atoms with Crippen molar-refractivity contribution in [1.29, 1.82) is 0 Å². The first-order chi connectivity index (χ1) is 7.95. The van der Waals surface area contributed by atoms with Crippen LogP contribution in [-0.2, 0) is 4.79 Å². The van der Waals surface area contributed by atoms with E-state index >= 15 is 0 Å². The van der Waals surface area contributed by atoms with Crippen LogP contribution in [0.25, 0.3) is 0 Å². The van der Waals surface area contributed by atoms with Crippen LogP contribution < -0.4 is 56.8 Å². The summed E-state index contributed by atoms with van der Waals surface area (Å²) in [5.41, 5.74) is -0.538. The van der Waals surface area contributed by atoms with Gasteiger partial charge in [0.2, 0.25) is 6.08 Å². The molecule has 2 nitrogen and oxygen atoms in total. The number of nitrogens with zero attached hydrogens (tertiary/aromatic N) is 1. The van der Waals surface area contributed by atoms with E-state index in [2.05, 4.69) is 18.8 Å². The zero-order chi connectivity index (χ0) is 13.3. The molecular formula is C11H14BF3KNO. The van der Waals surface area contributed by atoms with Crippen molar-refractivity contribution < 1.29 is 69.1 Å². The van der Waals surface area contributed by atoms with Gasteiger partial charge in [0.15, 0.2) is 0 Å². The van der Waals surface area contributed by atoms with Gasteiger partial charge in [-0.25, -0.2) is 4.79 Å². The van der Waals surface area contributed by atoms with E-state index in [-0.39, 0.29) is 57.1 Å². The second kappa shape index (κ2) is 11.0. The van der Waals surface area contributed by atoms with Gasteiger partial charge in [-0.1, -0.05) is 38.8 Å². The largest absolute Gasteiger partial charge is 1.00 e. The number of aliphatic imine (C=N–C) groups is 1. The summed E-state index contributed by atoms with van der Waals surface area (Å²) >= 11 is 0. The SMILES string of the molecule is CCCC.O=C=Nc1ccc([B-](F)(F)F)cc1.[K+]. The zero-order valence-electron chi connectivity index (χ0n) is 10.8. The first-order valence-electron chi connectivity index (χ1n) is 5.33. The molecule has 0 aliphatic heterocycles. The molecule has 0 saturated carbocycles. The molecule has 0 atom stereocenters. The van der Waals surface area contributed by atoms with E-state index in [0.29, 0.717) is 0 Å². The third-order valence-corrected chi connectivity index (χ3v) is 1.95. The van der Waals surface area contributed by atoms with Gasteiger partial charge in [0.05, 0.1) is 5.69 Å². The predicted octanol–water partition coefficient (Wildman–Crippen LogP) is 0.519. The van der Waals surface area contributed by atoms with E-state index in [1.165, 1.54) is 18.9 Å². The smallest absolute Gasteiger partial charge is 0.445 e. The minimum absolute atomic E-state index is 0. The topological polar surface area (TPSA) is 29.4 Å². The molecule has 18 heavy (non-hydrogen) atoms. The van der Waals surface area contributed by atoms with Crippen molar-refractivity contribution in [3.63, 3.8) is 0 Å². The number of unbranched alkanes of at least 4 members (excludes halogenated alkanes) is 1. The normalized spacial score (nSPS) is 9.39. The van der Waals surface area contributed by atoms with Gasteiger partial charge in [-0.2, -0.15) is 4.99 Å². The molecule has 0 aliphatic carbocycles. The van der Waals surface area contributed by atoms with Crippen molar-refractivity contribution in [2.75, 3.05) is 0 Å². The molecule has 0 bridgehead atoms. The van der Waals surface area contributed by atoms with Crippen molar-refractivity contribution in [2.24, 2.45) is 4.99 Å². The molecule has 0 spiro atoms. The number of hydrogen-bond acceptors (Lipinski definition) is 2. The molecule has 94 valence electrons. The first-order valence-corrected chi connectivity index (χ1v) is 5.33. The van der Waals surface area contributed by atoms with Crippen molar-refractivity contribution in [1.82, 2.24) is 0 Å². The fourth-order valence-corrected chi connectivity index (χ4v) is 0.820. The molecule has 1 aromatic rings. The van der Waals surface area contributed by atoms with Crippen LogP contribution in [0.5, 0.6) is 0 Å². The Morgan fingerprint density at radius 1 is 1.11 bits per heavy atom. The monoisotopic (exact) mass is 283 g/mol. The quantitative estimate of drug-likeness (QED) is 0.452. The van der Waals surface area contributed by atoms with E-state index in [1.807, 2.05) is 0 Å². The summed E-state index contributed by atoms with van der Waals surface area (Å²) in [6.45, 7) is -0.609. The molecule has 0 saturated heterocycles. The number of benzene rings is 1. The van der Waals surface area contributed by atoms with Crippen LogP contribution in [0.15, 0.2) is 29.3 Å². The van der Waals surface area contributed by atoms with Crippen LogP contribution in [0.3, 0.4) is 0 Å². The summed E-state index contributed by atoms with van der Waals surface area (Å²) in [5, 5.41) is 0. The van der Waals surface area contributed by atoms with E-state index in [1.54, 1.807) is 0 Å². The minimum Gasteiger partial charge on any atom is -0.445 e. The molecule has 0 aliphatic rings. The fraction of sp³-hybridized carbons (Fsp3) is 0.364. The van der Waals surface area contributed by atoms with Gasteiger partial charge >= 0.3 is 58.4 Å². The predicted molar refractivity (Wildman–Crippen MR) is 63.5 cm³/mol. The van der Waals surface area contributed by atoms with Crippen LogP contribution in [0.1, 0.15) is 26.7 Å². The maximum absolute atomic E-state index is 12.1. The maximum Gasteiger partial charge on any atom is 1.00 e. The first kappa shape index (κ1) is 20.4. The second-order valence-electron chi connectivity index (χ2n) is 3.37. The number of hydrogen-bond donors (Lipinski definition) is 0. The van der Waals surface area contributed by atoms with Gasteiger partial charge in [0, 0.05) is 0 Å². The molecule has 0 fully saturated rings. The molecule has 0 heterocycles. The Morgan fingerprint density at radius 2 is 1.56 bits per heavy atom. The van der Waals surface area contributed by atoms with Crippen LogP contribution in [0, 0.1) is 0 Å². The molecule has 7 heteroatoms. The van der Waals surface area contributed by atoms with Crippen molar-refractivity contribution in [2.45, 2.75) is 26.7 Å². The number of halogens is 3. The van der Waals surface area contributed by atoms with Crippen molar-refractivity contribution in [3.05, 3.63) is 24.3 Å². The van der Waals surface area contributed by atoms with Crippen LogP contribution in [-0.4, -0.2) is 13.1 Å². The Labute approximate surface area is 148 Å². The molecule has 0 amide bonds. The van der Waals surface area contributed by atoms with Crippen LogP contribution >= 0.6 is 0 Å². The standard InChI is InChI=1S/C7H4BF3NO.C4H10.K/c9-8(10,11)6-1-3-7(4-2-6)12-5-13;1-3-4-2;/h1-4H;3-4H2,1-2H3;/q-1;;+1. The number of isocyanates is 1. The number of rotatable bonds is 3. The average Bonchev–Trinajstić information content (AvgIpc) is 2.29. The average molecular weight is 283 g/mol. The Kier molecular flexibility index (Phi) is 12.4. The summed E-state index contributed by atoms with van der Waals surface area (Å²) in [5.74, 6) is 0. The number of carbonyl (C=O) groups excluding carboxylic acids is 1. The molecular weight excluding hydrogens is 269 g/mol. The summed E-state index contributed by atoms with van der Waals surface area (Å²) in [4.78, 5) is 12.9. The second-order valence-corrected chi connectivity index (χ2v) is 3.37. The Bertz CT molecular complexity index is 373.